The molecular formula is C13H18O2. The summed E-state index contributed by atoms with van der Waals surface area (Å²) < 4.78 is 4.96. The highest BCUT2D eigenvalue weighted by atomic mass is 16.5. The van der Waals surface area contributed by atoms with E-state index in [9.17, 15) is 4.79 Å². The third-order valence-corrected chi connectivity index (χ3v) is 2.25. The molecule has 0 aliphatic heterocycles. The topological polar surface area (TPSA) is 26.3 Å². The van der Waals surface area contributed by atoms with Crippen LogP contribution in [0.3, 0.4) is 0 Å². The molecule has 0 amide bonds. The lowest BCUT2D eigenvalue weighted by Gasteiger charge is -2.03. The molecule has 0 aliphatic carbocycles. The van der Waals surface area contributed by atoms with Crippen LogP contribution < -0.4 is 4.74 Å². The number of carbonyl (C=O) groups is 1. The van der Waals surface area contributed by atoms with Crippen molar-refractivity contribution < 1.29 is 9.53 Å². The molecule has 0 aliphatic rings. The molecule has 0 bridgehead atoms. The average molecular weight is 206 g/mol. The maximum atomic E-state index is 10.7. The Labute approximate surface area is 91.3 Å². The van der Waals surface area contributed by atoms with Crippen LogP contribution in [-0.4, -0.2) is 5.97 Å². The predicted molar refractivity (Wildman–Crippen MR) is 61.0 cm³/mol. The molecule has 1 rings (SSSR count). The van der Waals surface area contributed by atoms with E-state index >= 15 is 0 Å². The standard InChI is InChI=1S/C13H18O2/c1-3-4-5-6-12-7-9-13(10-8-12)15-11(2)14/h7-10H,3-6H2,1-2H3. The monoisotopic (exact) mass is 206 g/mol. The molecule has 0 atom stereocenters. The summed E-state index contributed by atoms with van der Waals surface area (Å²) in [6.45, 7) is 3.61. The number of carbonyl (C=O) groups excluding carboxylic acids is 1. The molecule has 82 valence electrons. The van der Waals surface area contributed by atoms with Gasteiger partial charge in [-0.2, -0.15) is 0 Å². The SMILES string of the molecule is CCCCCc1ccc(OC(C)=O)cc1. The summed E-state index contributed by atoms with van der Waals surface area (Å²) in [6.07, 6.45) is 4.84. The Morgan fingerprint density at radius 3 is 2.40 bits per heavy atom. The van der Waals surface area contributed by atoms with Crippen LogP contribution in [-0.2, 0) is 11.2 Å². The minimum absolute atomic E-state index is 0.270. The van der Waals surface area contributed by atoms with E-state index < -0.39 is 0 Å². The molecular weight excluding hydrogens is 188 g/mol. The summed E-state index contributed by atoms with van der Waals surface area (Å²) >= 11 is 0. The second-order valence-electron chi connectivity index (χ2n) is 3.69. The number of unbranched alkanes of at least 4 members (excludes halogenated alkanes) is 2. The van der Waals surface area contributed by atoms with Gasteiger partial charge in [-0.3, -0.25) is 4.79 Å². The first-order valence-corrected chi connectivity index (χ1v) is 5.49. The van der Waals surface area contributed by atoms with Gasteiger partial charge in [0, 0.05) is 6.92 Å². The lowest BCUT2D eigenvalue weighted by molar-refractivity contribution is -0.131. The van der Waals surface area contributed by atoms with Crippen molar-refractivity contribution >= 4 is 5.97 Å². The van der Waals surface area contributed by atoms with E-state index in [2.05, 4.69) is 6.92 Å². The maximum absolute atomic E-state index is 10.7. The van der Waals surface area contributed by atoms with Gasteiger partial charge in [-0.15, -0.1) is 0 Å². The summed E-state index contributed by atoms with van der Waals surface area (Å²) in [4.78, 5) is 10.7. The van der Waals surface area contributed by atoms with Crippen molar-refractivity contribution in [2.75, 3.05) is 0 Å². The zero-order valence-electron chi connectivity index (χ0n) is 9.45. The van der Waals surface area contributed by atoms with Crippen LogP contribution in [0, 0.1) is 0 Å². The molecule has 0 fully saturated rings. The third kappa shape index (κ3) is 4.63. The lowest BCUT2D eigenvalue weighted by Crippen LogP contribution is -2.01. The van der Waals surface area contributed by atoms with Crippen LogP contribution in [0.2, 0.25) is 0 Å². The fraction of sp³-hybridized carbons (Fsp3) is 0.462. The van der Waals surface area contributed by atoms with Crippen molar-refractivity contribution in [2.45, 2.75) is 39.5 Å². The Balaban J connectivity index is 2.45. The van der Waals surface area contributed by atoms with Crippen LogP contribution in [0.1, 0.15) is 38.7 Å². The van der Waals surface area contributed by atoms with Gasteiger partial charge in [0.25, 0.3) is 0 Å². The fourth-order valence-electron chi connectivity index (χ4n) is 1.47. The van der Waals surface area contributed by atoms with Crippen molar-refractivity contribution in [3.8, 4) is 5.75 Å². The Bertz CT molecular complexity index is 301. The summed E-state index contributed by atoms with van der Waals surface area (Å²) in [7, 11) is 0. The quantitative estimate of drug-likeness (QED) is 0.419. The number of aryl methyl sites for hydroxylation is 1. The second-order valence-corrected chi connectivity index (χ2v) is 3.69. The first kappa shape index (κ1) is 11.8. The Kier molecular flexibility index (Phi) is 4.88. The van der Waals surface area contributed by atoms with Crippen molar-refractivity contribution in [2.24, 2.45) is 0 Å². The Hall–Kier alpha value is -1.31. The first-order chi connectivity index (χ1) is 7.22. The van der Waals surface area contributed by atoms with Gasteiger partial charge in [0.15, 0.2) is 0 Å². The minimum Gasteiger partial charge on any atom is -0.427 e. The Morgan fingerprint density at radius 1 is 1.20 bits per heavy atom. The van der Waals surface area contributed by atoms with E-state index in [-0.39, 0.29) is 5.97 Å². The zero-order chi connectivity index (χ0) is 11.1. The highest BCUT2D eigenvalue weighted by Gasteiger charge is 1.98. The van der Waals surface area contributed by atoms with E-state index in [4.69, 9.17) is 4.74 Å². The molecule has 0 spiro atoms. The van der Waals surface area contributed by atoms with Gasteiger partial charge >= 0.3 is 5.97 Å². The van der Waals surface area contributed by atoms with Crippen molar-refractivity contribution in [3.63, 3.8) is 0 Å². The molecule has 15 heavy (non-hydrogen) atoms. The lowest BCUT2D eigenvalue weighted by atomic mass is 10.1. The largest absolute Gasteiger partial charge is 0.427 e. The molecule has 0 aromatic heterocycles. The molecule has 0 unspecified atom stereocenters. The number of esters is 1. The number of hydrogen-bond donors (Lipinski definition) is 0. The highest BCUT2D eigenvalue weighted by molar-refractivity contribution is 5.69. The third-order valence-electron chi connectivity index (χ3n) is 2.25. The van der Waals surface area contributed by atoms with Crippen molar-refractivity contribution in [1.82, 2.24) is 0 Å². The minimum atomic E-state index is -0.270. The van der Waals surface area contributed by atoms with Crippen molar-refractivity contribution in [1.29, 1.82) is 0 Å². The number of benzene rings is 1. The molecule has 0 saturated heterocycles. The molecule has 0 radical (unpaired) electrons. The van der Waals surface area contributed by atoms with Gasteiger partial charge in [0.2, 0.25) is 0 Å². The summed E-state index contributed by atoms with van der Waals surface area (Å²) in [6, 6.07) is 7.74. The normalized spacial score (nSPS) is 10.0. The van der Waals surface area contributed by atoms with Gasteiger partial charge in [-0.1, -0.05) is 31.9 Å². The van der Waals surface area contributed by atoms with Crippen LogP contribution in [0.4, 0.5) is 0 Å². The van der Waals surface area contributed by atoms with Crippen LogP contribution in [0.5, 0.6) is 5.75 Å². The van der Waals surface area contributed by atoms with E-state index in [1.54, 1.807) is 0 Å². The molecule has 0 N–H and O–H groups in total. The smallest absolute Gasteiger partial charge is 0.308 e. The molecule has 1 aromatic carbocycles. The van der Waals surface area contributed by atoms with E-state index in [1.165, 1.54) is 31.7 Å². The predicted octanol–water partition coefficient (Wildman–Crippen LogP) is 3.34. The van der Waals surface area contributed by atoms with E-state index in [0.29, 0.717) is 5.75 Å². The maximum Gasteiger partial charge on any atom is 0.308 e. The first-order valence-electron chi connectivity index (χ1n) is 5.49. The van der Waals surface area contributed by atoms with E-state index in [1.807, 2.05) is 24.3 Å². The highest BCUT2D eigenvalue weighted by Crippen LogP contribution is 2.14. The van der Waals surface area contributed by atoms with Gasteiger partial charge in [0.05, 0.1) is 0 Å². The molecule has 0 saturated carbocycles. The second kappa shape index (κ2) is 6.23. The van der Waals surface area contributed by atoms with Gasteiger partial charge in [-0.05, 0) is 30.5 Å². The van der Waals surface area contributed by atoms with Gasteiger partial charge < -0.3 is 4.74 Å². The van der Waals surface area contributed by atoms with Crippen LogP contribution in [0.25, 0.3) is 0 Å². The number of rotatable bonds is 5. The summed E-state index contributed by atoms with van der Waals surface area (Å²) in [5.74, 6) is 0.357. The van der Waals surface area contributed by atoms with Crippen LogP contribution >= 0.6 is 0 Å². The van der Waals surface area contributed by atoms with Gasteiger partial charge in [0.1, 0.15) is 5.75 Å². The van der Waals surface area contributed by atoms with E-state index in [0.717, 1.165) is 6.42 Å². The van der Waals surface area contributed by atoms with Crippen molar-refractivity contribution in [3.05, 3.63) is 29.8 Å². The number of ether oxygens (including phenoxy) is 1. The fourth-order valence-corrected chi connectivity index (χ4v) is 1.47. The molecule has 0 heterocycles. The van der Waals surface area contributed by atoms with Gasteiger partial charge in [-0.25, -0.2) is 0 Å². The summed E-state index contributed by atoms with van der Waals surface area (Å²) in [5, 5.41) is 0. The average Bonchev–Trinajstić information content (AvgIpc) is 2.20. The molecule has 1 aromatic rings. The molecule has 2 heteroatoms. The Morgan fingerprint density at radius 2 is 1.87 bits per heavy atom. The molecule has 2 nitrogen and oxygen atoms in total. The number of hydrogen-bond acceptors (Lipinski definition) is 2. The summed E-state index contributed by atoms with van der Waals surface area (Å²) in [5.41, 5.74) is 1.30. The van der Waals surface area contributed by atoms with Crippen LogP contribution in [0.15, 0.2) is 24.3 Å². The zero-order valence-corrected chi connectivity index (χ0v) is 9.45.